The van der Waals surface area contributed by atoms with Gasteiger partial charge in [-0.15, -0.1) is 11.3 Å². The van der Waals surface area contributed by atoms with Crippen molar-refractivity contribution in [2.24, 2.45) is 5.92 Å². The zero-order valence-corrected chi connectivity index (χ0v) is 13.0. The number of piperidine rings is 1. The van der Waals surface area contributed by atoms with E-state index >= 15 is 0 Å². The average molecular weight is 279 g/mol. The minimum atomic E-state index is 0.115. The molecule has 2 heterocycles. The lowest BCUT2D eigenvalue weighted by Crippen LogP contribution is -2.56. The molecule has 0 spiro atoms. The van der Waals surface area contributed by atoms with Gasteiger partial charge in [0.05, 0.1) is 11.2 Å². The molecule has 3 rings (SSSR count). The Bertz CT molecular complexity index is 438. The third-order valence-electron chi connectivity index (χ3n) is 4.52. The van der Waals surface area contributed by atoms with Crippen molar-refractivity contribution in [2.45, 2.75) is 57.5 Å². The highest BCUT2D eigenvalue weighted by Crippen LogP contribution is 2.40. The van der Waals surface area contributed by atoms with Crippen LogP contribution in [0.15, 0.2) is 5.38 Å². The highest BCUT2D eigenvalue weighted by Gasteiger charge is 2.45. The van der Waals surface area contributed by atoms with Gasteiger partial charge in [-0.05, 0) is 44.2 Å². The molecular weight excluding hydrogens is 254 g/mol. The van der Waals surface area contributed by atoms with Crippen LogP contribution in [0.4, 0.5) is 0 Å². The highest BCUT2D eigenvalue weighted by atomic mass is 32.1. The molecule has 4 heteroatoms. The van der Waals surface area contributed by atoms with Crippen molar-refractivity contribution >= 4 is 11.3 Å². The van der Waals surface area contributed by atoms with Crippen molar-refractivity contribution in [3.8, 4) is 0 Å². The molecule has 2 aliphatic rings. The standard InChI is InChI=1S/C15H25N3S/c1-10(2)13-9-19-14(17-13)15(18-12-4-5-12)6-7-16-8-11(15)3/h9-12,16,18H,4-8H2,1-3H3. The van der Waals surface area contributed by atoms with Gasteiger partial charge in [-0.1, -0.05) is 20.8 Å². The molecule has 2 N–H and O–H groups in total. The van der Waals surface area contributed by atoms with Gasteiger partial charge in [-0.2, -0.15) is 0 Å². The predicted molar refractivity (Wildman–Crippen MR) is 80.7 cm³/mol. The topological polar surface area (TPSA) is 37.0 Å². The molecule has 1 aromatic rings. The maximum atomic E-state index is 4.97. The second kappa shape index (κ2) is 5.15. The number of hydrogen-bond acceptors (Lipinski definition) is 4. The van der Waals surface area contributed by atoms with E-state index in [4.69, 9.17) is 4.98 Å². The molecule has 3 nitrogen and oxygen atoms in total. The molecule has 2 unspecified atom stereocenters. The first-order chi connectivity index (χ1) is 9.12. The Kier molecular flexibility index (Phi) is 3.67. The molecule has 2 atom stereocenters. The number of nitrogens with one attached hydrogen (secondary N) is 2. The number of hydrogen-bond donors (Lipinski definition) is 2. The van der Waals surface area contributed by atoms with E-state index in [0.29, 0.717) is 11.8 Å². The van der Waals surface area contributed by atoms with Gasteiger partial charge in [0.1, 0.15) is 5.01 Å². The molecule has 2 fully saturated rings. The molecule has 0 aromatic carbocycles. The van der Waals surface area contributed by atoms with Crippen LogP contribution in [0.1, 0.15) is 56.7 Å². The van der Waals surface area contributed by atoms with Gasteiger partial charge in [0.25, 0.3) is 0 Å². The first kappa shape index (κ1) is 13.5. The summed E-state index contributed by atoms with van der Waals surface area (Å²) >= 11 is 1.86. The van der Waals surface area contributed by atoms with E-state index in [0.717, 1.165) is 25.6 Å². The van der Waals surface area contributed by atoms with Gasteiger partial charge in [0.15, 0.2) is 0 Å². The van der Waals surface area contributed by atoms with E-state index in [-0.39, 0.29) is 5.54 Å². The lowest BCUT2D eigenvalue weighted by Gasteiger charge is -2.42. The predicted octanol–water partition coefficient (Wildman–Crippen LogP) is 2.84. The summed E-state index contributed by atoms with van der Waals surface area (Å²) in [5, 5.41) is 11.0. The second-order valence-corrected chi connectivity index (χ2v) is 7.34. The Labute approximate surface area is 120 Å². The summed E-state index contributed by atoms with van der Waals surface area (Å²) in [7, 11) is 0. The van der Waals surface area contributed by atoms with Crippen LogP contribution in [0.25, 0.3) is 0 Å². The highest BCUT2D eigenvalue weighted by molar-refractivity contribution is 7.09. The van der Waals surface area contributed by atoms with E-state index < -0.39 is 0 Å². The molecule has 1 aliphatic carbocycles. The Balaban J connectivity index is 1.91. The molecule has 106 valence electrons. The second-order valence-electron chi connectivity index (χ2n) is 6.48. The SMILES string of the molecule is CC(C)c1csc(C2(NC3CC3)CCNCC2C)n1. The maximum Gasteiger partial charge on any atom is 0.113 e. The van der Waals surface area contributed by atoms with E-state index in [9.17, 15) is 0 Å². The number of thiazole rings is 1. The van der Waals surface area contributed by atoms with Crippen LogP contribution in [0.3, 0.4) is 0 Å². The van der Waals surface area contributed by atoms with Crippen LogP contribution in [-0.4, -0.2) is 24.1 Å². The van der Waals surface area contributed by atoms with Crippen molar-refractivity contribution in [3.05, 3.63) is 16.1 Å². The summed E-state index contributed by atoms with van der Waals surface area (Å²) in [5.41, 5.74) is 1.37. The molecule has 0 bridgehead atoms. The number of nitrogens with zero attached hydrogens (tertiary/aromatic N) is 1. The molecule has 1 saturated heterocycles. The quantitative estimate of drug-likeness (QED) is 0.890. The summed E-state index contributed by atoms with van der Waals surface area (Å²) in [4.78, 5) is 4.97. The molecule has 0 amide bonds. The third kappa shape index (κ3) is 2.58. The summed E-state index contributed by atoms with van der Waals surface area (Å²) in [6, 6.07) is 0.729. The molecule has 1 aromatic heterocycles. The minimum Gasteiger partial charge on any atom is -0.316 e. The number of aromatic nitrogens is 1. The van der Waals surface area contributed by atoms with Crippen LogP contribution in [0.5, 0.6) is 0 Å². The van der Waals surface area contributed by atoms with Gasteiger partial charge in [-0.25, -0.2) is 4.98 Å². The average Bonchev–Trinajstić information content (AvgIpc) is 3.04. The minimum absolute atomic E-state index is 0.115. The van der Waals surface area contributed by atoms with Crippen LogP contribution in [0.2, 0.25) is 0 Å². The van der Waals surface area contributed by atoms with Gasteiger partial charge < -0.3 is 10.6 Å². The Morgan fingerprint density at radius 3 is 2.84 bits per heavy atom. The summed E-state index contributed by atoms with van der Waals surface area (Å²) < 4.78 is 0. The smallest absolute Gasteiger partial charge is 0.113 e. The van der Waals surface area contributed by atoms with Crippen molar-refractivity contribution in [1.82, 2.24) is 15.6 Å². The summed E-state index contributed by atoms with van der Waals surface area (Å²) in [6.07, 6.45) is 3.84. The molecule has 1 aliphatic heterocycles. The Morgan fingerprint density at radius 2 is 2.26 bits per heavy atom. The van der Waals surface area contributed by atoms with Crippen molar-refractivity contribution in [3.63, 3.8) is 0 Å². The van der Waals surface area contributed by atoms with Gasteiger partial charge in [-0.3, -0.25) is 0 Å². The van der Waals surface area contributed by atoms with Gasteiger partial charge >= 0.3 is 0 Å². The van der Waals surface area contributed by atoms with E-state index in [2.05, 4.69) is 36.8 Å². The van der Waals surface area contributed by atoms with E-state index in [1.165, 1.54) is 23.5 Å². The van der Waals surface area contributed by atoms with Crippen molar-refractivity contribution in [2.75, 3.05) is 13.1 Å². The monoisotopic (exact) mass is 279 g/mol. The van der Waals surface area contributed by atoms with Crippen LogP contribution in [-0.2, 0) is 5.54 Å². The van der Waals surface area contributed by atoms with E-state index in [1.807, 2.05) is 11.3 Å². The Morgan fingerprint density at radius 1 is 1.47 bits per heavy atom. The molecule has 19 heavy (non-hydrogen) atoms. The largest absolute Gasteiger partial charge is 0.316 e. The fourth-order valence-electron chi connectivity index (χ4n) is 2.97. The first-order valence-corrected chi connectivity index (χ1v) is 8.44. The zero-order chi connectivity index (χ0) is 13.5. The van der Waals surface area contributed by atoms with Gasteiger partial charge in [0, 0.05) is 11.4 Å². The lowest BCUT2D eigenvalue weighted by molar-refractivity contribution is 0.164. The van der Waals surface area contributed by atoms with Crippen LogP contribution < -0.4 is 10.6 Å². The first-order valence-electron chi connectivity index (χ1n) is 7.56. The molecular formula is C15H25N3S. The van der Waals surface area contributed by atoms with E-state index in [1.54, 1.807) is 0 Å². The Hall–Kier alpha value is -0.450. The lowest BCUT2D eigenvalue weighted by atomic mass is 9.79. The normalized spacial score (nSPS) is 31.9. The van der Waals surface area contributed by atoms with Crippen LogP contribution >= 0.6 is 11.3 Å². The summed E-state index contributed by atoms with van der Waals surface area (Å²) in [5.74, 6) is 1.13. The zero-order valence-electron chi connectivity index (χ0n) is 12.2. The van der Waals surface area contributed by atoms with Crippen LogP contribution in [0, 0.1) is 5.92 Å². The van der Waals surface area contributed by atoms with Crippen molar-refractivity contribution in [1.29, 1.82) is 0 Å². The molecule has 0 radical (unpaired) electrons. The van der Waals surface area contributed by atoms with Crippen molar-refractivity contribution < 1.29 is 0 Å². The fourth-order valence-corrected chi connectivity index (χ4v) is 4.25. The fraction of sp³-hybridized carbons (Fsp3) is 0.800. The maximum absolute atomic E-state index is 4.97. The summed E-state index contributed by atoms with van der Waals surface area (Å²) in [6.45, 7) is 9.01. The molecule has 1 saturated carbocycles. The number of rotatable bonds is 4. The third-order valence-corrected chi connectivity index (χ3v) is 5.56. The van der Waals surface area contributed by atoms with Gasteiger partial charge in [0.2, 0.25) is 0 Å².